The summed E-state index contributed by atoms with van der Waals surface area (Å²) in [7, 11) is 0. The lowest BCUT2D eigenvalue weighted by molar-refractivity contribution is -0.672. The molecular formula is C30H23BF15N. The first-order valence-electron chi connectivity index (χ1n) is 13.9. The van der Waals surface area contributed by atoms with Crippen LogP contribution in [0.25, 0.3) is 0 Å². The maximum absolute atomic E-state index is 15.9. The van der Waals surface area contributed by atoms with Crippen LogP contribution >= 0.6 is 0 Å². The molecule has 256 valence electrons. The monoisotopic (exact) mass is 693 g/mol. The summed E-state index contributed by atoms with van der Waals surface area (Å²) in [6, 6.07) is 0. The highest BCUT2D eigenvalue weighted by atomic mass is 19.2. The molecule has 1 saturated heterocycles. The van der Waals surface area contributed by atoms with Crippen LogP contribution in [-0.2, 0) is 0 Å². The molecule has 0 radical (unpaired) electrons. The zero-order chi connectivity index (χ0) is 35.9. The summed E-state index contributed by atoms with van der Waals surface area (Å²) >= 11 is 0. The van der Waals surface area contributed by atoms with Crippen LogP contribution in [0.3, 0.4) is 0 Å². The molecule has 1 atom stereocenters. The molecule has 0 aliphatic carbocycles. The van der Waals surface area contributed by atoms with Crippen molar-refractivity contribution in [3.8, 4) is 0 Å². The molecule has 0 saturated carbocycles. The van der Waals surface area contributed by atoms with E-state index in [4.69, 9.17) is 0 Å². The first-order chi connectivity index (χ1) is 21.5. The topological polar surface area (TPSA) is 3.01 Å². The molecule has 0 amide bonds. The Kier molecular flexibility index (Phi) is 9.08. The highest BCUT2D eigenvalue weighted by Crippen LogP contribution is 2.37. The van der Waals surface area contributed by atoms with Crippen LogP contribution < -0.4 is 16.4 Å². The average Bonchev–Trinajstić information content (AvgIpc) is 3.00. The van der Waals surface area contributed by atoms with Crippen LogP contribution in [0.1, 0.15) is 53.9 Å². The zero-order valence-electron chi connectivity index (χ0n) is 25.0. The van der Waals surface area contributed by atoms with Crippen molar-refractivity contribution in [3.05, 3.63) is 87.3 Å². The molecule has 47 heavy (non-hydrogen) atoms. The number of benzene rings is 3. The van der Waals surface area contributed by atoms with E-state index in [-0.39, 0.29) is 12.8 Å². The number of piperidine rings is 1. The van der Waals surface area contributed by atoms with E-state index in [1.165, 1.54) is 32.3 Å². The van der Waals surface area contributed by atoms with Gasteiger partial charge in [-0.15, -0.1) is 16.4 Å². The Hall–Kier alpha value is -3.66. The van der Waals surface area contributed by atoms with Crippen molar-refractivity contribution in [2.45, 2.75) is 70.8 Å². The summed E-state index contributed by atoms with van der Waals surface area (Å²) < 4.78 is 228. The fraction of sp³-hybridized carbons (Fsp3) is 0.367. The van der Waals surface area contributed by atoms with Crippen molar-refractivity contribution in [2.24, 2.45) is 0 Å². The number of rotatable bonds is 5. The van der Waals surface area contributed by atoms with Gasteiger partial charge in [-0.05, 0) is 34.1 Å². The smallest absolute Gasteiger partial charge is 0.200 e. The Labute approximate surface area is 257 Å². The van der Waals surface area contributed by atoms with Crippen LogP contribution in [0, 0.1) is 87.3 Å². The molecule has 0 aromatic heterocycles. The van der Waals surface area contributed by atoms with E-state index in [1.54, 1.807) is 0 Å². The molecule has 1 fully saturated rings. The quantitative estimate of drug-likeness (QED) is 0.0859. The largest absolute Gasteiger partial charge is 0.233 e. The van der Waals surface area contributed by atoms with Crippen molar-refractivity contribution >= 4 is 28.7 Å². The molecule has 3 aromatic rings. The maximum atomic E-state index is 15.9. The van der Waals surface area contributed by atoms with E-state index in [9.17, 15) is 39.5 Å². The Morgan fingerprint density at radius 3 is 0.894 bits per heavy atom. The van der Waals surface area contributed by atoms with Crippen LogP contribution in [0.2, 0.25) is 5.82 Å². The number of hydrogen-bond donors (Lipinski definition) is 0. The van der Waals surface area contributed by atoms with Gasteiger partial charge >= 0.3 is 0 Å². The third-order valence-electron chi connectivity index (χ3n) is 9.15. The lowest BCUT2D eigenvalue weighted by Crippen LogP contribution is -2.76. The molecule has 1 aliphatic rings. The molecule has 17 heteroatoms. The number of nitrogens with zero attached hydrogens (tertiary/aromatic N) is 1. The minimum atomic E-state index is -5.70. The lowest BCUT2D eigenvalue weighted by Gasteiger charge is -2.47. The average molecular weight is 693 g/mol. The van der Waals surface area contributed by atoms with Crippen molar-refractivity contribution in [1.82, 2.24) is 0 Å². The van der Waals surface area contributed by atoms with Crippen molar-refractivity contribution < 1.29 is 70.4 Å². The molecule has 3 aromatic carbocycles. The molecular weight excluding hydrogens is 670 g/mol. The highest BCUT2D eigenvalue weighted by Gasteiger charge is 2.53. The minimum absolute atomic E-state index is 0.271. The summed E-state index contributed by atoms with van der Waals surface area (Å²) in [5, 5.41) is 0. The Morgan fingerprint density at radius 1 is 0.447 bits per heavy atom. The van der Waals surface area contributed by atoms with Crippen LogP contribution in [0.4, 0.5) is 65.9 Å². The van der Waals surface area contributed by atoms with Crippen molar-refractivity contribution in [1.29, 1.82) is 0 Å². The van der Waals surface area contributed by atoms with Crippen LogP contribution in [-0.4, -0.2) is 28.0 Å². The second-order valence-corrected chi connectivity index (χ2v) is 12.7. The fourth-order valence-corrected chi connectivity index (χ4v) is 7.07. The van der Waals surface area contributed by atoms with Gasteiger partial charge in [0, 0.05) is 12.8 Å². The van der Waals surface area contributed by atoms with Gasteiger partial charge in [-0.2, -0.15) is 0 Å². The standard InChI is InChI=1S/C30H23BF15N/c1-10(9-47-29(2,3)7-6-8-30(47,4)5)31(11-14(32)20(38)26(44)21(39)15(11)33,12-16(34)22(40)27(45)23(41)17(12)35)13-18(36)24(42)28(46)25(43)19(13)37/h9-10H,6-8H2,1-5H3/t10-/m0/s1. The zero-order valence-corrected chi connectivity index (χ0v) is 25.0. The Bertz CT molecular complexity index is 1580. The minimum Gasteiger partial charge on any atom is -0.233 e. The Balaban J connectivity index is 2.50. The molecule has 1 aliphatic heterocycles. The van der Waals surface area contributed by atoms with Crippen LogP contribution in [0.5, 0.6) is 0 Å². The van der Waals surface area contributed by atoms with E-state index in [0.29, 0.717) is 13.3 Å². The van der Waals surface area contributed by atoms with E-state index in [0.717, 1.165) is 6.21 Å². The molecule has 0 unspecified atom stereocenters. The van der Waals surface area contributed by atoms with Gasteiger partial charge in [0.05, 0.1) is 0 Å². The van der Waals surface area contributed by atoms with Gasteiger partial charge in [-0.3, -0.25) is 0 Å². The number of halogens is 15. The molecule has 4 rings (SSSR count). The van der Waals surface area contributed by atoms with E-state index >= 15 is 26.3 Å². The first kappa shape index (κ1) is 36.2. The summed E-state index contributed by atoms with van der Waals surface area (Å²) in [4.78, 5) is 0. The summed E-state index contributed by atoms with van der Waals surface area (Å²) in [6.45, 7) is 6.69. The van der Waals surface area contributed by atoms with Gasteiger partial charge in [0.15, 0.2) is 63.4 Å². The summed E-state index contributed by atoms with van der Waals surface area (Å²) in [5.41, 5.74) is -10.0. The third kappa shape index (κ3) is 5.09. The van der Waals surface area contributed by atoms with Crippen molar-refractivity contribution in [3.63, 3.8) is 0 Å². The number of hydrogen-bond acceptors (Lipinski definition) is 0. The van der Waals surface area contributed by atoms with Gasteiger partial charge in [0.25, 0.3) is 0 Å². The fourth-order valence-electron chi connectivity index (χ4n) is 7.07. The van der Waals surface area contributed by atoms with E-state index in [2.05, 4.69) is 0 Å². The second-order valence-electron chi connectivity index (χ2n) is 12.7. The first-order valence-corrected chi connectivity index (χ1v) is 13.9. The van der Waals surface area contributed by atoms with Crippen LogP contribution in [0.15, 0.2) is 0 Å². The molecule has 0 N–H and O–H groups in total. The Morgan fingerprint density at radius 2 is 0.660 bits per heavy atom. The van der Waals surface area contributed by atoms with Gasteiger partial charge in [-0.25, -0.2) is 70.4 Å². The molecule has 0 spiro atoms. The lowest BCUT2D eigenvalue weighted by atomic mass is 9.10. The second kappa shape index (κ2) is 11.8. The highest BCUT2D eigenvalue weighted by molar-refractivity contribution is 7.13. The summed E-state index contributed by atoms with van der Waals surface area (Å²) in [5.74, 6) is -47.6. The molecule has 1 heterocycles. The molecule has 1 nitrogen and oxygen atoms in total. The predicted molar refractivity (Wildman–Crippen MR) is 141 cm³/mol. The van der Waals surface area contributed by atoms with Crippen molar-refractivity contribution in [2.75, 3.05) is 0 Å². The van der Waals surface area contributed by atoms with Gasteiger partial charge in [0.2, 0.25) is 0 Å². The van der Waals surface area contributed by atoms with E-state index in [1.807, 2.05) is 0 Å². The predicted octanol–water partition coefficient (Wildman–Crippen LogP) is 7.46. The third-order valence-corrected chi connectivity index (χ3v) is 9.15. The maximum Gasteiger partial charge on any atom is 0.200 e. The normalized spacial score (nSPS) is 16.9. The van der Waals surface area contributed by atoms with E-state index < -0.39 is 127 Å². The molecule has 0 bridgehead atoms. The van der Waals surface area contributed by atoms with Gasteiger partial charge in [0.1, 0.15) is 47.3 Å². The SMILES string of the molecule is C[C@@H](C=[N+]1C(C)(C)CCCC1(C)C)[B-](c1c(F)c(F)c(F)c(F)c1F)(c1c(F)c(F)c(F)c(F)c1F)c1c(F)c(F)c(F)c(F)c1F. The van der Waals surface area contributed by atoms with Gasteiger partial charge < -0.3 is 0 Å². The van der Waals surface area contributed by atoms with Gasteiger partial charge in [-0.1, -0.05) is 12.7 Å². The summed E-state index contributed by atoms with van der Waals surface area (Å²) in [6.07, 6.45) is -3.93.